The number of anilines is 2. The minimum atomic E-state index is -5.55. The number of ether oxygens (including phenoxy) is 5. The summed E-state index contributed by atoms with van der Waals surface area (Å²) in [5.74, 6) is -0.278. The van der Waals surface area contributed by atoms with Gasteiger partial charge in [-0.3, -0.25) is 28.0 Å². The van der Waals surface area contributed by atoms with Crippen LogP contribution in [0.3, 0.4) is 0 Å². The van der Waals surface area contributed by atoms with E-state index in [-0.39, 0.29) is 55.7 Å². The lowest BCUT2D eigenvalue weighted by molar-refractivity contribution is -0.343. The molecule has 0 aromatic carbocycles. The number of aromatic amines is 1. The first-order chi connectivity index (χ1) is 24.2. The molecule has 0 bridgehead atoms. The summed E-state index contributed by atoms with van der Waals surface area (Å²) in [6.07, 6.45) is -6.33. The molecule has 0 aliphatic carbocycles. The summed E-state index contributed by atoms with van der Waals surface area (Å²) < 4.78 is 72.2. The normalized spacial score (nSPS) is 26.6. The van der Waals surface area contributed by atoms with E-state index in [2.05, 4.69) is 29.5 Å². The van der Waals surface area contributed by atoms with Gasteiger partial charge in [0.25, 0.3) is 5.56 Å². The first-order valence-electron chi connectivity index (χ1n) is 15.2. The number of nitrogens with two attached hydrogens (primary N) is 2. The van der Waals surface area contributed by atoms with Gasteiger partial charge >= 0.3 is 13.4 Å². The van der Waals surface area contributed by atoms with E-state index in [0.717, 1.165) is 4.57 Å². The molecule has 7 N–H and O–H groups in total. The molecule has 284 valence electrons. The number of fused-ring (bicyclic) bond motifs is 1. The van der Waals surface area contributed by atoms with Crippen LogP contribution in [-0.4, -0.2) is 118 Å². The second-order valence-corrected chi connectivity index (χ2v) is 14.1. The molecule has 3 aromatic rings. The summed E-state index contributed by atoms with van der Waals surface area (Å²) in [5, 5.41) is 13.3. The molecule has 2 aliphatic heterocycles. The second-order valence-electron chi connectivity index (χ2n) is 11.2. The largest absolute Gasteiger partial charge is 0.790 e. The summed E-state index contributed by atoms with van der Waals surface area (Å²) in [4.78, 5) is 61.8. The average molecular weight is 766 g/mol. The number of aromatic nitrogens is 6. The molecule has 0 radical (unpaired) electrons. The number of rotatable bonds is 18. The number of imidazole rings is 1. The molecule has 2 aliphatic rings. The summed E-state index contributed by atoms with van der Waals surface area (Å²) in [6.45, 7) is -0.949. The molecule has 0 unspecified atom stereocenters. The van der Waals surface area contributed by atoms with Gasteiger partial charge in [0, 0.05) is 33.4 Å². The van der Waals surface area contributed by atoms with Gasteiger partial charge in [-0.15, -0.1) is 0 Å². The highest BCUT2D eigenvalue weighted by Crippen LogP contribution is 2.50. The third kappa shape index (κ3) is 9.63. The van der Waals surface area contributed by atoms with Gasteiger partial charge in [-0.2, -0.15) is 9.97 Å². The van der Waals surface area contributed by atoms with Crippen LogP contribution in [0.2, 0.25) is 0 Å². The van der Waals surface area contributed by atoms with Crippen LogP contribution in [0.1, 0.15) is 18.9 Å². The number of hydrogen-bond acceptors (Lipinski definition) is 20. The van der Waals surface area contributed by atoms with Crippen LogP contribution in [0.15, 0.2) is 28.2 Å². The molecule has 0 saturated carbocycles. The number of nitrogens with one attached hydrogen (secondary N) is 2. The zero-order chi connectivity index (χ0) is 36.9. The predicted molar refractivity (Wildman–Crippen MR) is 167 cm³/mol. The fourth-order valence-corrected chi connectivity index (χ4v) is 7.26. The molecule has 2 fully saturated rings. The predicted octanol–water partition coefficient (Wildman–Crippen LogP) is -3.29. The van der Waals surface area contributed by atoms with Crippen molar-refractivity contribution in [2.75, 3.05) is 65.3 Å². The number of phosphoric ester groups is 1. The first-order valence-corrected chi connectivity index (χ1v) is 18.2. The summed E-state index contributed by atoms with van der Waals surface area (Å²) >= 11 is 0. The standard InChI is InChI=1S/C25H39N9O15P2/c1-42-7-8-44-6-4-29-50(38,45-10-13-9-14(35)22(47-13)33-5-3-16(26)30-25(33)37)49-18-15(11-46-51(39,40)41)48-23(19(18)43-2)34-12-28-17-20(34)31-24(27)32-21(17)36/h3,5,12-15,18-19,22-23,35H,4,6-11H2,1-2H3,(H,29,38)(H2,26,30,37)(H2,39,40,41)(H3,27,31,32,36)/p-2/t13-,14+,15+,18+,19+,22+,23+,50+/m0/s1. The SMILES string of the molecule is COCCOCCN[P@@](=O)(OC[C@@H]1C[C@@H](O)[C@H](n2ccc(N)nc2=O)O1)O[C@H]1[C@@H](OC)[C@H](n2cnc3c(=O)[nH]c(N)nc32)O[C@@H]1COP(=O)([O-])[O-]. The molecule has 0 spiro atoms. The number of hydrogen-bond donors (Lipinski definition) is 5. The maximum Gasteiger partial charge on any atom is 0.406 e. The van der Waals surface area contributed by atoms with E-state index in [1.165, 1.54) is 37.4 Å². The molecule has 3 aromatic heterocycles. The minimum absolute atomic E-state index is 0.0100. The Morgan fingerprint density at radius 2 is 1.84 bits per heavy atom. The highest BCUT2D eigenvalue weighted by Gasteiger charge is 2.51. The van der Waals surface area contributed by atoms with Gasteiger partial charge < -0.3 is 59.1 Å². The molecule has 51 heavy (non-hydrogen) atoms. The zero-order valence-electron chi connectivity index (χ0n) is 27.2. The lowest BCUT2D eigenvalue weighted by atomic mass is 10.1. The van der Waals surface area contributed by atoms with Crippen molar-refractivity contribution < 1.29 is 61.3 Å². The number of phosphoric acid groups is 1. The van der Waals surface area contributed by atoms with Gasteiger partial charge in [-0.25, -0.2) is 19.4 Å². The number of methoxy groups -OCH3 is 2. The molecule has 0 amide bonds. The van der Waals surface area contributed by atoms with Crippen molar-refractivity contribution in [2.24, 2.45) is 0 Å². The van der Waals surface area contributed by atoms with Crippen molar-refractivity contribution in [1.29, 1.82) is 0 Å². The lowest BCUT2D eigenvalue weighted by Crippen LogP contribution is -2.39. The fourth-order valence-electron chi connectivity index (χ4n) is 5.40. The smallest absolute Gasteiger partial charge is 0.406 e. The highest BCUT2D eigenvalue weighted by atomic mass is 31.2. The molecule has 2 saturated heterocycles. The second kappa shape index (κ2) is 16.7. The van der Waals surface area contributed by atoms with Gasteiger partial charge in [0.05, 0.1) is 53.3 Å². The molecule has 5 heterocycles. The Bertz CT molecular complexity index is 1850. The van der Waals surface area contributed by atoms with Gasteiger partial charge in [0.1, 0.15) is 30.2 Å². The van der Waals surface area contributed by atoms with Crippen LogP contribution in [0.4, 0.5) is 11.8 Å². The summed E-state index contributed by atoms with van der Waals surface area (Å²) in [5.41, 5.74) is 9.68. The first kappa shape index (κ1) is 39.0. The highest BCUT2D eigenvalue weighted by molar-refractivity contribution is 7.51. The fraction of sp³-hybridized carbons (Fsp3) is 0.640. The van der Waals surface area contributed by atoms with E-state index >= 15 is 0 Å². The van der Waals surface area contributed by atoms with Crippen molar-refractivity contribution in [3.63, 3.8) is 0 Å². The zero-order valence-corrected chi connectivity index (χ0v) is 29.0. The maximum atomic E-state index is 14.4. The molecule has 8 atom stereocenters. The molecule has 5 rings (SSSR count). The van der Waals surface area contributed by atoms with Crippen molar-refractivity contribution in [3.8, 4) is 0 Å². The Hall–Kier alpha value is -3.19. The van der Waals surface area contributed by atoms with Crippen molar-refractivity contribution in [3.05, 3.63) is 39.4 Å². The van der Waals surface area contributed by atoms with Gasteiger partial charge in [0.2, 0.25) is 5.95 Å². The molecule has 24 nitrogen and oxygen atoms in total. The molecule has 26 heteroatoms. The van der Waals surface area contributed by atoms with Crippen LogP contribution in [0, 0.1) is 0 Å². The Morgan fingerprint density at radius 1 is 1.06 bits per heavy atom. The minimum Gasteiger partial charge on any atom is -0.790 e. The Labute approximate surface area is 288 Å². The van der Waals surface area contributed by atoms with Gasteiger partial charge in [-0.05, 0) is 6.07 Å². The van der Waals surface area contributed by atoms with E-state index < -0.39 is 83.0 Å². The van der Waals surface area contributed by atoms with Gasteiger partial charge in [-0.1, -0.05) is 0 Å². The summed E-state index contributed by atoms with van der Waals surface area (Å²) in [6, 6.07) is 1.35. The quantitative estimate of drug-likeness (QED) is 0.0625. The topological polar surface area (TPSA) is 337 Å². The van der Waals surface area contributed by atoms with E-state index in [1.54, 1.807) is 0 Å². The van der Waals surface area contributed by atoms with Crippen molar-refractivity contribution in [1.82, 2.24) is 34.2 Å². The van der Waals surface area contributed by atoms with Crippen LogP contribution in [0.25, 0.3) is 11.2 Å². The van der Waals surface area contributed by atoms with Gasteiger partial charge in [0.15, 0.2) is 23.6 Å². The number of aliphatic hydroxyl groups is 1. The number of nitrogens with zero attached hydrogens (tertiary/aromatic N) is 5. The van der Waals surface area contributed by atoms with Crippen molar-refractivity contribution >= 4 is 38.5 Å². The molecular weight excluding hydrogens is 728 g/mol. The van der Waals surface area contributed by atoms with E-state index in [9.17, 15) is 33.6 Å². The van der Waals surface area contributed by atoms with Crippen LogP contribution in [0.5, 0.6) is 0 Å². The average Bonchev–Trinajstić information content (AvgIpc) is 3.75. The van der Waals surface area contributed by atoms with E-state index in [4.69, 9.17) is 44.2 Å². The maximum absolute atomic E-state index is 14.4. The Kier molecular flexibility index (Phi) is 12.7. The van der Waals surface area contributed by atoms with E-state index in [1.807, 2.05) is 0 Å². The van der Waals surface area contributed by atoms with Crippen LogP contribution < -0.4 is 37.6 Å². The monoisotopic (exact) mass is 765 g/mol. The van der Waals surface area contributed by atoms with Crippen LogP contribution in [-0.2, 0) is 46.4 Å². The summed E-state index contributed by atoms with van der Waals surface area (Å²) in [7, 11) is -7.32. The number of nitrogen functional groups attached to an aromatic ring is 2. The molecular formula is C25H37N9O15P2-2. The Balaban J connectivity index is 1.39. The Morgan fingerprint density at radius 3 is 2.55 bits per heavy atom. The number of aliphatic hydroxyl groups excluding tert-OH is 1. The van der Waals surface area contributed by atoms with Crippen LogP contribution >= 0.6 is 15.6 Å². The lowest BCUT2D eigenvalue weighted by Gasteiger charge is -2.32. The van der Waals surface area contributed by atoms with E-state index in [0.29, 0.717) is 0 Å². The third-order valence-corrected chi connectivity index (χ3v) is 9.73. The third-order valence-electron chi connectivity index (χ3n) is 7.65. The van der Waals surface area contributed by atoms with Crippen molar-refractivity contribution in [2.45, 2.75) is 49.4 Å². The number of H-pyrrole nitrogens is 1.